The second-order valence-corrected chi connectivity index (χ2v) is 8.18. The number of hydrogen-bond acceptors (Lipinski definition) is 5. The summed E-state index contributed by atoms with van der Waals surface area (Å²) in [5, 5.41) is 3.08. The predicted octanol–water partition coefficient (Wildman–Crippen LogP) is 2.73. The number of ether oxygens (including phenoxy) is 1. The molecule has 1 aliphatic heterocycles. The molecule has 1 aromatic heterocycles. The molecule has 29 heavy (non-hydrogen) atoms. The van der Waals surface area contributed by atoms with Crippen LogP contribution >= 0.6 is 0 Å². The smallest absolute Gasteiger partial charge is 0.251 e. The van der Waals surface area contributed by atoms with Crippen molar-refractivity contribution in [1.29, 1.82) is 0 Å². The van der Waals surface area contributed by atoms with Gasteiger partial charge in [-0.05, 0) is 68.5 Å². The average Bonchev–Trinajstić information content (AvgIpc) is 3.15. The van der Waals surface area contributed by atoms with Gasteiger partial charge < -0.3 is 15.8 Å². The van der Waals surface area contributed by atoms with Crippen molar-refractivity contribution in [1.82, 2.24) is 15.2 Å². The number of benzene rings is 1. The highest BCUT2D eigenvalue weighted by Crippen LogP contribution is 2.21. The summed E-state index contributed by atoms with van der Waals surface area (Å²) in [5.41, 5.74) is 7.70. The zero-order valence-electron chi connectivity index (χ0n) is 16.8. The number of piperidine rings is 1. The molecule has 1 saturated heterocycles. The fourth-order valence-corrected chi connectivity index (χ4v) is 4.20. The standard InChI is InChI=1S/C23H30N4O2/c24-18-6-7-19(15-18)26-23(28)17-4-8-21(9-5-17)29-22-10-13-27(14-11-22)16-20-3-1-2-12-25-20/h1-5,8-9,12,18-19,22H,6-7,10-11,13-16,24H2,(H,26,28)/t18-,19+/m1/s1. The molecule has 0 bridgehead atoms. The highest BCUT2D eigenvalue weighted by atomic mass is 16.5. The second kappa shape index (κ2) is 9.37. The minimum atomic E-state index is -0.0292. The van der Waals surface area contributed by atoms with Gasteiger partial charge in [-0.2, -0.15) is 0 Å². The minimum Gasteiger partial charge on any atom is -0.490 e. The van der Waals surface area contributed by atoms with Crippen LogP contribution in [0.5, 0.6) is 5.75 Å². The van der Waals surface area contributed by atoms with Crippen LogP contribution in [-0.2, 0) is 6.54 Å². The predicted molar refractivity (Wildman–Crippen MR) is 113 cm³/mol. The maximum Gasteiger partial charge on any atom is 0.251 e. The Morgan fingerprint density at radius 2 is 1.90 bits per heavy atom. The number of rotatable bonds is 6. The number of amides is 1. The van der Waals surface area contributed by atoms with E-state index in [4.69, 9.17) is 10.5 Å². The molecule has 1 aliphatic carbocycles. The fraction of sp³-hybridized carbons (Fsp3) is 0.478. The van der Waals surface area contributed by atoms with E-state index >= 15 is 0 Å². The number of likely N-dealkylation sites (tertiary alicyclic amines) is 1. The summed E-state index contributed by atoms with van der Waals surface area (Å²) in [6.45, 7) is 2.90. The molecule has 4 rings (SSSR count). The van der Waals surface area contributed by atoms with E-state index in [-0.39, 0.29) is 24.1 Å². The van der Waals surface area contributed by atoms with Gasteiger partial charge in [0.1, 0.15) is 11.9 Å². The Morgan fingerprint density at radius 1 is 1.10 bits per heavy atom. The lowest BCUT2D eigenvalue weighted by Crippen LogP contribution is -2.38. The van der Waals surface area contributed by atoms with Crippen molar-refractivity contribution >= 4 is 5.91 Å². The van der Waals surface area contributed by atoms with E-state index in [1.165, 1.54) is 0 Å². The average molecular weight is 395 g/mol. The van der Waals surface area contributed by atoms with Crippen molar-refractivity contribution in [3.8, 4) is 5.75 Å². The number of nitrogens with two attached hydrogens (primary N) is 1. The van der Waals surface area contributed by atoms with Gasteiger partial charge >= 0.3 is 0 Å². The van der Waals surface area contributed by atoms with Crippen LogP contribution in [0.15, 0.2) is 48.7 Å². The Kier molecular flexibility index (Phi) is 6.42. The van der Waals surface area contributed by atoms with Crippen molar-refractivity contribution in [2.75, 3.05) is 13.1 Å². The van der Waals surface area contributed by atoms with E-state index in [1.807, 2.05) is 42.6 Å². The molecule has 2 fully saturated rings. The Labute approximate surface area is 172 Å². The van der Waals surface area contributed by atoms with Gasteiger partial charge in [-0.3, -0.25) is 14.7 Å². The summed E-state index contributed by atoms with van der Waals surface area (Å²) in [4.78, 5) is 19.2. The number of carbonyl (C=O) groups excluding carboxylic acids is 1. The second-order valence-electron chi connectivity index (χ2n) is 8.18. The largest absolute Gasteiger partial charge is 0.490 e. The molecule has 1 amide bonds. The Hall–Kier alpha value is -2.44. The summed E-state index contributed by atoms with van der Waals surface area (Å²) < 4.78 is 6.15. The normalized spacial score (nSPS) is 23.1. The van der Waals surface area contributed by atoms with Crippen LogP contribution in [0.3, 0.4) is 0 Å². The molecule has 1 saturated carbocycles. The zero-order chi connectivity index (χ0) is 20.1. The first-order chi connectivity index (χ1) is 14.2. The van der Waals surface area contributed by atoms with E-state index < -0.39 is 0 Å². The maximum absolute atomic E-state index is 12.4. The number of aromatic nitrogens is 1. The number of nitrogens with one attached hydrogen (secondary N) is 1. The van der Waals surface area contributed by atoms with Gasteiger partial charge in [0.25, 0.3) is 5.91 Å². The van der Waals surface area contributed by atoms with Gasteiger partial charge in [0, 0.05) is 43.5 Å². The number of hydrogen-bond donors (Lipinski definition) is 2. The summed E-state index contributed by atoms with van der Waals surface area (Å²) >= 11 is 0. The quantitative estimate of drug-likeness (QED) is 0.787. The third-order valence-electron chi connectivity index (χ3n) is 5.87. The lowest BCUT2D eigenvalue weighted by Gasteiger charge is -2.31. The molecule has 2 heterocycles. The van der Waals surface area contributed by atoms with Crippen LogP contribution in [0.2, 0.25) is 0 Å². The number of pyridine rings is 1. The fourth-order valence-electron chi connectivity index (χ4n) is 4.20. The summed E-state index contributed by atoms with van der Waals surface area (Å²) in [7, 11) is 0. The van der Waals surface area contributed by atoms with Gasteiger partial charge in [-0.1, -0.05) is 6.07 Å². The van der Waals surface area contributed by atoms with Crippen molar-refractivity contribution in [2.45, 2.75) is 56.8 Å². The van der Waals surface area contributed by atoms with E-state index in [0.29, 0.717) is 5.56 Å². The first-order valence-corrected chi connectivity index (χ1v) is 10.6. The Bertz CT molecular complexity index is 788. The molecule has 2 atom stereocenters. The topological polar surface area (TPSA) is 80.5 Å². The van der Waals surface area contributed by atoms with Crippen LogP contribution in [0.25, 0.3) is 0 Å². The highest BCUT2D eigenvalue weighted by molar-refractivity contribution is 5.94. The van der Waals surface area contributed by atoms with E-state index in [0.717, 1.165) is 63.2 Å². The van der Waals surface area contributed by atoms with Crippen LogP contribution in [0, 0.1) is 0 Å². The van der Waals surface area contributed by atoms with Crippen molar-refractivity contribution in [3.05, 3.63) is 59.9 Å². The monoisotopic (exact) mass is 394 g/mol. The lowest BCUT2D eigenvalue weighted by molar-refractivity contribution is 0.0935. The van der Waals surface area contributed by atoms with Crippen molar-refractivity contribution in [3.63, 3.8) is 0 Å². The molecule has 6 heteroatoms. The maximum atomic E-state index is 12.4. The number of nitrogens with zero attached hydrogens (tertiary/aromatic N) is 2. The SMILES string of the molecule is N[C@@H]1CC[C@H](NC(=O)c2ccc(OC3CCN(Cc4ccccn4)CC3)cc2)C1. The lowest BCUT2D eigenvalue weighted by atomic mass is 10.1. The summed E-state index contributed by atoms with van der Waals surface area (Å²) in [6.07, 6.45) is 6.87. The molecule has 6 nitrogen and oxygen atoms in total. The van der Waals surface area contributed by atoms with Gasteiger partial charge in [-0.25, -0.2) is 0 Å². The third-order valence-corrected chi connectivity index (χ3v) is 5.87. The van der Waals surface area contributed by atoms with Crippen molar-refractivity contribution in [2.24, 2.45) is 5.73 Å². The summed E-state index contributed by atoms with van der Waals surface area (Å²) in [5.74, 6) is 0.797. The van der Waals surface area contributed by atoms with Crippen molar-refractivity contribution < 1.29 is 9.53 Å². The molecule has 3 N–H and O–H groups in total. The third kappa shape index (κ3) is 5.55. The first kappa shape index (κ1) is 19.9. The first-order valence-electron chi connectivity index (χ1n) is 10.6. The minimum absolute atomic E-state index is 0.0292. The molecule has 1 aromatic carbocycles. The molecule has 2 aromatic rings. The van der Waals surface area contributed by atoms with E-state index in [2.05, 4.69) is 21.3 Å². The van der Waals surface area contributed by atoms with Gasteiger partial charge in [0.15, 0.2) is 0 Å². The molecule has 154 valence electrons. The van der Waals surface area contributed by atoms with Crippen LogP contribution in [0.1, 0.15) is 48.2 Å². The Morgan fingerprint density at radius 3 is 2.55 bits per heavy atom. The van der Waals surface area contributed by atoms with Crippen LogP contribution in [0.4, 0.5) is 0 Å². The molecule has 0 unspecified atom stereocenters. The molecular weight excluding hydrogens is 364 g/mol. The Balaban J connectivity index is 1.22. The molecular formula is C23H30N4O2. The van der Waals surface area contributed by atoms with Crippen LogP contribution in [-0.4, -0.2) is 47.1 Å². The summed E-state index contributed by atoms with van der Waals surface area (Å²) in [6, 6.07) is 13.9. The van der Waals surface area contributed by atoms with Crippen LogP contribution < -0.4 is 15.8 Å². The van der Waals surface area contributed by atoms with Gasteiger partial charge in [0.05, 0.1) is 5.69 Å². The molecule has 0 spiro atoms. The van der Waals surface area contributed by atoms with Gasteiger partial charge in [0.2, 0.25) is 0 Å². The van der Waals surface area contributed by atoms with Gasteiger partial charge in [-0.15, -0.1) is 0 Å². The number of carbonyl (C=O) groups is 1. The van der Waals surface area contributed by atoms with E-state index in [9.17, 15) is 4.79 Å². The molecule has 2 aliphatic rings. The van der Waals surface area contributed by atoms with E-state index in [1.54, 1.807) is 0 Å². The zero-order valence-corrected chi connectivity index (χ0v) is 16.8. The molecule has 0 radical (unpaired) electrons. The highest BCUT2D eigenvalue weighted by Gasteiger charge is 2.24.